The molecule has 2 aliphatic heterocycles. The Hall–Kier alpha value is -3.42. The van der Waals surface area contributed by atoms with Crippen molar-refractivity contribution in [2.45, 2.75) is 129 Å². The lowest BCUT2D eigenvalue weighted by Crippen LogP contribution is -2.48. The molecule has 5 aliphatic rings. The standard InChI is InChI=1S/C44H66N6O2/c1-33-7-19-41(20-8-33)49(43(51)45-37-15-23-39(24-16-37)47-27-3-4-28-47)31-35-11-13-36(14-12-35)32-50(42-21-9-34(2)10-22-42)44(52)46-38-17-25-40(26-18-38)48-29-5-6-30-48/h15-18,23-26,33-36,41-42H,3-14,19-22,27-32H2,1-2H3,(H,45,51)(H,46,52). The molecule has 3 aliphatic carbocycles. The van der Waals surface area contributed by atoms with Crippen molar-refractivity contribution in [3.05, 3.63) is 48.5 Å². The lowest BCUT2D eigenvalue weighted by molar-refractivity contribution is 0.109. The van der Waals surface area contributed by atoms with Gasteiger partial charge in [0, 0.05) is 74.1 Å². The highest BCUT2D eigenvalue weighted by molar-refractivity contribution is 5.90. The van der Waals surface area contributed by atoms with E-state index in [0.29, 0.717) is 23.9 Å². The first-order chi connectivity index (χ1) is 25.4. The van der Waals surface area contributed by atoms with Gasteiger partial charge in [0.1, 0.15) is 0 Å². The van der Waals surface area contributed by atoms with Crippen LogP contribution in [0.5, 0.6) is 0 Å². The van der Waals surface area contributed by atoms with Crippen LogP contribution < -0.4 is 20.4 Å². The molecule has 2 saturated heterocycles. The maximum absolute atomic E-state index is 14.0. The molecule has 0 bridgehead atoms. The van der Waals surface area contributed by atoms with Crippen molar-refractivity contribution in [2.75, 3.05) is 59.7 Å². The van der Waals surface area contributed by atoms with Gasteiger partial charge in [-0.3, -0.25) is 0 Å². The number of anilines is 4. The van der Waals surface area contributed by atoms with Crippen molar-refractivity contribution in [2.24, 2.45) is 23.7 Å². The number of rotatable bonds is 10. The van der Waals surface area contributed by atoms with Crippen molar-refractivity contribution in [3.63, 3.8) is 0 Å². The average Bonchev–Trinajstić information content (AvgIpc) is 3.91. The van der Waals surface area contributed by atoms with E-state index in [2.05, 4.69) is 92.6 Å². The van der Waals surface area contributed by atoms with Crippen LogP contribution in [0.25, 0.3) is 0 Å². The second kappa shape index (κ2) is 17.6. The fourth-order valence-electron chi connectivity index (χ4n) is 9.91. The molecular weight excluding hydrogens is 645 g/mol. The molecule has 7 rings (SSSR count). The van der Waals surface area contributed by atoms with Crippen LogP contribution in [0, 0.1) is 23.7 Å². The van der Waals surface area contributed by atoms with Crippen molar-refractivity contribution >= 4 is 34.8 Å². The molecular formula is C44H66N6O2. The molecule has 0 spiro atoms. The molecule has 3 saturated carbocycles. The van der Waals surface area contributed by atoms with E-state index < -0.39 is 0 Å². The number of amides is 4. The van der Waals surface area contributed by atoms with Crippen LogP contribution in [-0.4, -0.2) is 73.2 Å². The summed E-state index contributed by atoms with van der Waals surface area (Å²) in [4.78, 5) is 37.3. The van der Waals surface area contributed by atoms with Crippen LogP contribution >= 0.6 is 0 Å². The number of carbonyl (C=O) groups excluding carboxylic acids is 2. The molecule has 0 radical (unpaired) electrons. The van der Waals surface area contributed by atoms with E-state index in [-0.39, 0.29) is 12.1 Å². The third-order valence-corrected chi connectivity index (χ3v) is 13.4. The first kappa shape index (κ1) is 36.9. The molecule has 5 fully saturated rings. The van der Waals surface area contributed by atoms with Crippen LogP contribution in [0.1, 0.15) is 117 Å². The lowest BCUT2D eigenvalue weighted by Gasteiger charge is -2.41. The summed E-state index contributed by atoms with van der Waals surface area (Å²) in [5.41, 5.74) is 4.30. The molecule has 52 heavy (non-hydrogen) atoms. The highest BCUT2D eigenvalue weighted by Crippen LogP contribution is 2.36. The van der Waals surface area contributed by atoms with Crippen LogP contribution in [0.4, 0.5) is 32.3 Å². The van der Waals surface area contributed by atoms with Gasteiger partial charge in [0.25, 0.3) is 0 Å². The molecule has 8 nitrogen and oxygen atoms in total. The van der Waals surface area contributed by atoms with Crippen molar-refractivity contribution < 1.29 is 9.59 Å². The fourth-order valence-corrected chi connectivity index (χ4v) is 9.91. The molecule has 0 unspecified atom stereocenters. The quantitative estimate of drug-likeness (QED) is 0.258. The molecule has 2 heterocycles. The van der Waals surface area contributed by atoms with Gasteiger partial charge in [-0.1, -0.05) is 13.8 Å². The largest absolute Gasteiger partial charge is 0.372 e. The molecule has 284 valence electrons. The highest BCUT2D eigenvalue weighted by Gasteiger charge is 2.34. The second-order valence-corrected chi connectivity index (χ2v) is 17.4. The summed E-state index contributed by atoms with van der Waals surface area (Å²) >= 11 is 0. The summed E-state index contributed by atoms with van der Waals surface area (Å²) in [6, 6.07) is 17.7. The van der Waals surface area contributed by atoms with Gasteiger partial charge < -0.3 is 30.2 Å². The minimum atomic E-state index is 0.0680. The Kier molecular flexibility index (Phi) is 12.5. The van der Waals surface area contributed by atoms with E-state index in [1.165, 1.54) is 62.7 Å². The normalized spacial score (nSPS) is 28.0. The zero-order valence-electron chi connectivity index (χ0n) is 32.2. The predicted octanol–water partition coefficient (Wildman–Crippen LogP) is 10.2. The first-order valence-electron chi connectivity index (χ1n) is 21.2. The van der Waals surface area contributed by atoms with Crippen LogP contribution in [0.2, 0.25) is 0 Å². The number of urea groups is 2. The molecule has 0 atom stereocenters. The van der Waals surface area contributed by atoms with Gasteiger partial charge in [0.15, 0.2) is 0 Å². The summed E-state index contributed by atoms with van der Waals surface area (Å²) in [7, 11) is 0. The van der Waals surface area contributed by atoms with Crippen molar-refractivity contribution in [3.8, 4) is 0 Å². The number of carbonyl (C=O) groups is 2. The van der Waals surface area contributed by atoms with E-state index in [1.54, 1.807) is 0 Å². The molecule has 2 aromatic carbocycles. The van der Waals surface area contributed by atoms with Crippen LogP contribution in [0.3, 0.4) is 0 Å². The summed E-state index contributed by atoms with van der Waals surface area (Å²) in [5.74, 6) is 2.50. The van der Waals surface area contributed by atoms with Gasteiger partial charge in [0.2, 0.25) is 0 Å². The average molecular weight is 711 g/mol. The third kappa shape index (κ3) is 9.57. The van der Waals surface area contributed by atoms with E-state index in [0.717, 1.165) is 114 Å². The predicted molar refractivity (Wildman–Crippen MR) is 216 cm³/mol. The fraction of sp³-hybridized carbons (Fsp3) is 0.682. The number of hydrogen-bond acceptors (Lipinski definition) is 4. The monoisotopic (exact) mass is 711 g/mol. The molecule has 2 aromatic rings. The van der Waals surface area contributed by atoms with E-state index >= 15 is 0 Å². The molecule has 2 N–H and O–H groups in total. The van der Waals surface area contributed by atoms with Gasteiger partial charge in [0.05, 0.1) is 0 Å². The number of benzene rings is 2. The van der Waals surface area contributed by atoms with Gasteiger partial charge in [-0.05, 0) is 175 Å². The Balaban J connectivity index is 0.955. The molecule has 0 aromatic heterocycles. The SMILES string of the molecule is CC1CCC(N(CC2CCC(CN(C(=O)Nc3ccc(N4CCCC4)cc3)C3CCC(C)CC3)CC2)C(=O)Nc2ccc(N3CCCC3)cc2)CC1. The van der Waals surface area contributed by atoms with Crippen molar-refractivity contribution in [1.82, 2.24) is 9.80 Å². The smallest absolute Gasteiger partial charge is 0.322 e. The maximum Gasteiger partial charge on any atom is 0.322 e. The summed E-state index contributed by atoms with van der Waals surface area (Å²) in [6.45, 7) is 10.9. The Labute approximate surface area is 314 Å². The van der Waals surface area contributed by atoms with Crippen molar-refractivity contribution in [1.29, 1.82) is 0 Å². The Bertz CT molecular complexity index is 1300. The maximum atomic E-state index is 14.0. The third-order valence-electron chi connectivity index (χ3n) is 13.4. The van der Waals surface area contributed by atoms with Crippen LogP contribution in [0.15, 0.2) is 48.5 Å². The lowest BCUT2D eigenvalue weighted by atomic mass is 9.80. The summed E-state index contributed by atoms with van der Waals surface area (Å²) < 4.78 is 0. The Morgan fingerprint density at radius 1 is 0.519 bits per heavy atom. The number of hydrogen-bond donors (Lipinski definition) is 2. The van der Waals surface area contributed by atoms with Gasteiger partial charge in [-0.15, -0.1) is 0 Å². The van der Waals surface area contributed by atoms with Gasteiger partial charge in [-0.25, -0.2) is 9.59 Å². The molecule has 4 amide bonds. The topological polar surface area (TPSA) is 71.2 Å². The minimum Gasteiger partial charge on any atom is -0.372 e. The highest BCUT2D eigenvalue weighted by atomic mass is 16.2. The van der Waals surface area contributed by atoms with E-state index in [9.17, 15) is 9.59 Å². The minimum absolute atomic E-state index is 0.0680. The number of nitrogens with zero attached hydrogens (tertiary/aromatic N) is 4. The van der Waals surface area contributed by atoms with E-state index in [1.807, 2.05) is 0 Å². The zero-order chi connectivity index (χ0) is 35.9. The van der Waals surface area contributed by atoms with Gasteiger partial charge >= 0.3 is 12.1 Å². The second-order valence-electron chi connectivity index (χ2n) is 17.4. The molecule has 8 heteroatoms. The van der Waals surface area contributed by atoms with Crippen LogP contribution in [-0.2, 0) is 0 Å². The Morgan fingerprint density at radius 2 is 0.846 bits per heavy atom. The van der Waals surface area contributed by atoms with Gasteiger partial charge in [-0.2, -0.15) is 0 Å². The first-order valence-corrected chi connectivity index (χ1v) is 21.2. The Morgan fingerprint density at radius 3 is 1.17 bits per heavy atom. The summed E-state index contributed by atoms with van der Waals surface area (Å²) in [5, 5.41) is 6.59. The zero-order valence-corrected chi connectivity index (χ0v) is 32.2. The summed E-state index contributed by atoms with van der Waals surface area (Å²) in [6.07, 6.45) is 18.7. The number of nitrogens with one attached hydrogen (secondary N) is 2. The van der Waals surface area contributed by atoms with E-state index in [4.69, 9.17) is 0 Å².